The van der Waals surface area contributed by atoms with Crippen LogP contribution >= 0.6 is 0 Å². The van der Waals surface area contributed by atoms with Gasteiger partial charge in [-0.1, -0.05) is 6.92 Å². The number of aromatic nitrogens is 2. The first-order chi connectivity index (χ1) is 8.81. The van der Waals surface area contributed by atoms with Crippen LogP contribution in [0.3, 0.4) is 0 Å². The number of nitrogens with zero attached hydrogens (tertiary/aromatic N) is 2. The Hall–Kier alpha value is -0.910. The molecule has 0 amide bonds. The molecule has 0 spiro atoms. The molecule has 18 heavy (non-hydrogen) atoms. The summed E-state index contributed by atoms with van der Waals surface area (Å²) in [6, 6.07) is 0.340. The molecule has 0 aliphatic carbocycles. The molecule has 1 aliphatic heterocycles. The maximum atomic E-state index is 5.78. The summed E-state index contributed by atoms with van der Waals surface area (Å²) in [6.07, 6.45) is 5.97. The predicted molar refractivity (Wildman–Crippen MR) is 69.6 cm³/mol. The zero-order valence-electron chi connectivity index (χ0n) is 11.3. The van der Waals surface area contributed by atoms with Gasteiger partial charge >= 0.3 is 0 Å². The molecule has 5 heteroatoms. The molecule has 0 aromatic carbocycles. The Morgan fingerprint density at radius 3 is 3.06 bits per heavy atom. The topological polar surface area (TPSA) is 48.3 Å². The first kappa shape index (κ1) is 13.5. The molecule has 2 rings (SSSR count). The van der Waals surface area contributed by atoms with Crippen molar-refractivity contribution in [2.75, 3.05) is 26.4 Å². The second-order valence-corrected chi connectivity index (χ2v) is 4.64. The number of nitrogens with one attached hydrogen (secondary N) is 1. The molecule has 102 valence electrons. The summed E-state index contributed by atoms with van der Waals surface area (Å²) in [4.78, 5) is 4.36. The van der Waals surface area contributed by atoms with Gasteiger partial charge in [-0.2, -0.15) is 0 Å². The van der Waals surface area contributed by atoms with Crippen LogP contribution in [-0.2, 0) is 22.9 Å². The Morgan fingerprint density at radius 2 is 2.44 bits per heavy atom. The summed E-state index contributed by atoms with van der Waals surface area (Å²) in [6.45, 7) is 5.18. The molecule has 1 N–H and O–H groups in total. The third-order valence-electron chi connectivity index (χ3n) is 3.36. The molecular formula is C13H23N3O2. The van der Waals surface area contributed by atoms with E-state index in [1.54, 1.807) is 0 Å². The lowest BCUT2D eigenvalue weighted by Gasteiger charge is -2.31. The van der Waals surface area contributed by atoms with Gasteiger partial charge < -0.3 is 19.4 Å². The molecule has 2 atom stereocenters. The minimum atomic E-state index is 0.166. The Kier molecular flexibility index (Phi) is 5.16. The van der Waals surface area contributed by atoms with E-state index in [2.05, 4.69) is 21.8 Å². The maximum Gasteiger partial charge on any atom is 0.108 e. The van der Waals surface area contributed by atoms with Crippen molar-refractivity contribution < 1.29 is 9.47 Å². The molecular weight excluding hydrogens is 230 g/mol. The van der Waals surface area contributed by atoms with Crippen molar-refractivity contribution in [3.63, 3.8) is 0 Å². The summed E-state index contributed by atoms with van der Waals surface area (Å²) in [5, 5.41) is 3.49. The van der Waals surface area contributed by atoms with Gasteiger partial charge in [-0.25, -0.2) is 4.98 Å². The second kappa shape index (κ2) is 6.87. The summed E-state index contributed by atoms with van der Waals surface area (Å²) < 4.78 is 13.3. The van der Waals surface area contributed by atoms with E-state index in [0.29, 0.717) is 25.9 Å². The fraction of sp³-hybridized carbons (Fsp3) is 0.769. The SMILES string of the molecule is CCNC(CCc1nccn1C)C1COCCO1. The second-order valence-electron chi connectivity index (χ2n) is 4.64. The Balaban J connectivity index is 1.87. The van der Waals surface area contributed by atoms with Gasteiger partial charge in [0.1, 0.15) is 5.82 Å². The minimum absolute atomic E-state index is 0.166. The molecule has 0 radical (unpaired) electrons. The maximum absolute atomic E-state index is 5.78. The Labute approximate surface area is 108 Å². The molecule has 1 aromatic rings. The fourth-order valence-electron chi connectivity index (χ4n) is 2.34. The van der Waals surface area contributed by atoms with Gasteiger partial charge in [0.05, 0.1) is 25.9 Å². The van der Waals surface area contributed by atoms with Crippen molar-refractivity contribution in [1.82, 2.24) is 14.9 Å². The largest absolute Gasteiger partial charge is 0.376 e. The van der Waals surface area contributed by atoms with Crippen LogP contribution < -0.4 is 5.32 Å². The number of hydrogen-bond acceptors (Lipinski definition) is 4. The van der Waals surface area contributed by atoms with E-state index in [-0.39, 0.29) is 6.10 Å². The quantitative estimate of drug-likeness (QED) is 0.812. The third kappa shape index (κ3) is 3.54. The standard InChI is InChI=1S/C13H23N3O2/c1-3-14-11(12-10-17-8-9-18-12)4-5-13-15-6-7-16(13)2/h6-7,11-12,14H,3-5,8-10H2,1-2H3. The number of ether oxygens (including phenoxy) is 2. The van der Waals surface area contributed by atoms with Crippen molar-refractivity contribution in [1.29, 1.82) is 0 Å². The molecule has 1 saturated heterocycles. The zero-order chi connectivity index (χ0) is 12.8. The van der Waals surface area contributed by atoms with Crippen LogP contribution in [0.1, 0.15) is 19.2 Å². The normalized spacial score (nSPS) is 22.0. The van der Waals surface area contributed by atoms with Gasteiger partial charge in [-0.3, -0.25) is 0 Å². The van der Waals surface area contributed by atoms with E-state index in [4.69, 9.17) is 9.47 Å². The molecule has 5 nitrogen and oxygen atoms in total. The first-order valence-corrected chi connectivity index (χ1v) is 6.70. The van der Waals surface area contributed by atoms with E-state index in [0.717, 1.165) is 25.2 Å². The lowest BCUT2D eigenvalue weighted by Crippen LogP contribution is -2.46. The van der Waals surface area contributed by atoms with Gasteiger partial charge in [0.2, 0.25) is 0 Å². The highest BCUT2D eigenvalue weighted by Crippen LogP contribution is 2.12. The van der Waals surface area contributed by atoms with E-state index in [1.807, 2.05) is 19.4 Å². The Morgan fingerprint density at radius 1 is 1.56 bits per heavy atom. The van der Waals surface area contributed by atoms with Gasteiger partial charge in [-0.05, 0) is 13.0 Å². The average molecular weight is 253 g/mol. The molecule has 1 aromatic heterocycles. The number of hydrogen-bond donors (Lipinski definition) is 1. The molecule has 2 heterocycles. The van der Waals surface area contributed by atoms with Gasteiger partial charge in [0.25, 0.3) is 0 Å². The van der Waals surface area contributed by atoms with E-state index < -0.39 is 0 Å². The van der Waals surface area contributed by atoms with Crippen molar-refractivity contribution in [2.24, 2.45) is 7.05 Å². The molecule has 1 aliphatic rings. The van der Waals surface area contributed by atoms with Crippen molar-refractivity contribution in [2.45, 2.75) is 31.9 Å². The highest BCUT2D eigenvalue weighted by Gasteiger charge is 2.24. The average Bonchev–Trinajstić information content (AvgIpc) is 2.81. The van der Waals surface area contributed by atoms with Crippen LogP contribution in [0.5, 0.6) is 0 Å². The van der Waals surface area contributed by atoms with E-state index in [1.165, 1.54) is 0 Å². The lowest BCUT2D eigenvalue weighted by molar-refractivity contribution is -0.102. The fourth-order valence-corrected chi connectivity index (χ4v) is 2.34. The van der Waals surface area contributed by atoms with Crippen LogP contribution in [0.2, 0.25) is 0 Å². The van der Waals surface area contributed by atoms with Crippen LogP contribution in [0.25, 0.3) is 0 Å². The molecule has 0 saturated carbocycles. The zero-order valence-corrected chi connectivity index (χ0v) is 11.3. The van der Waals surface area contributed by atoms with E-state index >= 15 is 0 Å². The number of imidazole rings is 1. The monoisotopic (exact) mass is 253 g/mol. The summed E-state index contributed by atoms with van der Waals surface area (Å²) >= 11 is 0. The number of likely N-dealkylation sites (N-methyl/N-ethyl adjacent to an activating group) is 1. The van der Waals surface area contributed by atoms with E-state index in [9.17, 15) is 0 Å². The van der Waals surface area contributed by atoms with Crippen molar-refractivity contribution in [3.8, 4) is 0 Å². The van der Waals surface area contributed by atoms with Crippen LogP contribution in [-0.4, -0.2) is 48.1 Å². The van der Waals surface area contributed by atoms with Gasteiger partial charge in [0.15, 0.2) is 0 Å². The van der Waals surface area contributed by atoms with Crippen LogP contribution in [0, 0.1) is 0 Å². The molecule has 2 unspecified atom stereocenters. The van der Waals surface area contributed by atoms with Gasteiger partial charge in [0, 0.05) is 31.9 Å². The predicted octanol–water partition coefficient (Wildman–Crippen LogP) is 0.746. The van der Waals surface area contributed by atoms with Gasteiger partial charge in [-0.15, -0.1) is 0 Å². The number of rotatable bonds is 6. The molecule has 0 bridgehead atoms. The third-order valence-corrected chi connectivity index (χ3v) is 3.36. The van der Waals surface area contributed by atoms with Crippen LogP contribution in [0.4, 0.5) is 0 Å². The summed E-state index contributed by atoms with van der Waals surface area (Å²) in [5.41, 5.74) is 0. The smallest absolute Gasteiger partial charge is 0.108 e. The van der Waals surface area contributed by atoms with Crippen molar-refractivity contribution >= 4 is 0 Å². The number of aryl methyl sites for hydroxylation is 2. The first-order valence-electron chi connectivity index (χ1n) is 6.70. The highest BCUT2D eigenvalue weighted by molar-refractivity contribution is 4.93. The minimum Gasteiger partial charge on any atom is -0.376 e. The van der Waals surface area contributed by atoms with Crippen LogP contribution in [0.15, 0.2) is 12.4 Å². The summed E-state index contributed by atoms with van der Waals surface area (Å²) in [7, 11) is 2.03. The highest BCUT2D eigenvalue weighted by atomic mass is 16.6. The molecule has 1 fully saturated rings. The van der Waals surface area contributed by atoms with Crippen molar-refractivity contribution in [3.05, 3.63) is 18.2 Å². The summed E-state index contributed by atoms with van der Waals surface area (Å²) in [5.74, 6) is 1.12. The Bertz CT molecular complexity index is 348. The lowest BCUT2D eigenvalue weighted by atomic mass is 10.0.